The molecule has 1 heterocycles. The molecule has 0 aromatic heterocycles. The van der Waals surface area contributed by atoms with Gasteiger partial charge in [-0.15, -0.1) is 0 Å². The average Bonchev–Trinajstić information content (AvgIpc) is 2.77. The predicted octanol–water partition coefficient (Wildman–Crippen LogP) is 3.78. The molecule has 4 heteroatoms. The van der Waals surface area contributed by atoms with Crippen LogP contribution in [-0.2, 0) is 12.8 Å². The van der Waals surface area contributed by atoms with Crippen LogP contribution in [0, 0.1) is 0 Å². The quantitative estimate of drug-likeness (QED) is 0.775. The lowest BCUT2D eigenvalue weighted by Crippen LogP contribution is -2.50. The number of benzene rings is 2. The third-order valence-electron chi connectivity index (χ3n) is 6.66. The molecule has 1 fully saturated rings. The number of phenols is 1. The third-order valence-corrected chi connectivity index (χ3v) is 6.66. The van der Waals surface area contributed by atoms with Crippen molar-refractivity contribution >= 4 is 5.69 Å². The minimum atomic E-state index is 0.485. The SMILES string of the molecule is CCCN(CCN1CCN(c2ccccc2)CC1)[C@H]1CCc2c(O)cccc2C1. The molecule has 2 aliphatic rings. The van der Waals surface area contributed by atoms with Gasteiger partial charge in [-0.2, -0.15) is 0 Å². The number of para-hydroxylation sites is 1. The highest BCUT2D eigenvalue weighted by atomic mass is 16.3. The fourth-order valence-electron chi connectivity index (χ4n) is 4.98. The van der Waals surface area contributed by atoms with Gasteiger partial charge in [-0.3, -0.25) is 9.80 Å². The maximum Gasteiger partial charge on any atom is 0.119 e. The van der Waals surface area contributed by atoms with Crippen molar-refractivity contribution in [2.75, 3.05) is 50.7 Å². The van der Waals surface area contributed by atoms with Gasteiger partial charge in [-0.05, 0) is 61.6 Å². The van der Waals surface area contributed by atoms with Crippen LogP contribution in [0.1, 0.15) is 30.9 Å². The third kappa shape index (κ3) is 4.93. The molecule has 1 aliphatic carbocycles. The van der Waals surface area contributed by atoms with Crippen molar-refractivity contribution in [3.05, 3.63) is 59.7 Å². The molecule has 2 aromatic rings. The number of fused-ring (bicyclic) bond motifs is 1. The summed E-state index contributed by atoms with van der Waals surface area (Å²) in [5.41, 5.74) is 3.87. The van der Waals surface area contributed by atoms with Gasteiger partial charge in [-0.1, -0.05) is 37.3 Å². The number of piperazine rings is 1. The smallest absolute Gasteiger partial charge is 0.119 e. The summed E-state index contributed by atoms with van der Waals surface area (Å²) in [5, 5.41) is 10.1. The minimum absolute atomic E-state index is 0.485. The normalized spacial score (nSPS) is 20.1. The first-order valence-corrected chi connectivity index (χ1v) is 11.3. The Kier molecular flexibility index (Phi) is 6.73. The summed E-state index contributed by atoms with van der Waals surface area (Å²) in [6.07, 6.45) is 4.44. The first-order valence-electron chi connectivity index (χ1n) is 11.3. The fourth-order valence-corrected chi connectivity index (χ4v) is 4.98. The number of anilines is 1. The average molecular weight is 394 g/mol. The number of hydrogen-bond donors (Lipinski definition) is 1. The van der Waals surface area contributed by atoms with E-state index in [2.05, 4.69) is 58.0 Å². The number of rotatable bonds is 7. The van der Waals surface area contributed by atoms with Crippen LogP contribution in [0.3, 0.4) is 0 Å². The van der Waals surface area contributed by atoms with E-state index in [9.17, 15) is 5.11 Å². The molecule has 0 amide bonds. The number of hydrogen-bond acceptors (Lipinski definition) is 4. The predicted molar refractivity (Wildman–Crippen MR) is 121 cm³/mol. The summed E-state index contributed by atoms with van der Waals surface area (Å²) in [4.78, 5) is 7.84. The molecule has 0 bridgehead atoms. The molecule has 0 radical (unpaired) electrons. The zero-order valence-corrected chi connectivity index (χ0v) is 17.8. The summed E-state index contributed by atoms with van der Waals surface area (Å²) >= 11 is 0. The van der Waals surface area contributed by atoms with E-state index >= 15 is 0 Å². The first kappa shape index (κ1) is 20.2. The zero-order valence-electron chi connectivity index (χ0n) is 17.8. The summed E-state index contributed by atoms with van der Waals surface area (Å²) in [5.74, 6) is 0.485. The van der Waals surface area contributed by atoms with E-state index in [-0.39, 0.29) is 0 Å². The Labute approximate surface area is 175 Å². The highest BCUT2D eigenvalue weighted by molar-refractivity contribution is 5.46. The van der Waals surface area contributed by atoms with Crippen LogP contribution in [0.15, 0.2) is 48.5 Å². The molecule has 1 N–H and O–H groups in total. The second-order valence-electron chi connectivity index (χ2n) is 8.51. The van der Waals surface area contributed by atoms with Crippen molar-refractivity contribution in [3.63, 3.8) is 0 Å². The van der Waals surface area contributed by atoms with Crippen LogP contribution in [0.2, 0.25) is 0 Å². The lowest BCUT2D eigenvalue weighted by Gasteiger charge is -2.39. The van der Waals surface area contributed by atoms with Crippen molar-refractivity contribution in [1.29, 1.82) is 0 Å². The molecule has 1 atom stereocenters. The minimum Gasteiger partial charge on any atom is -0.508 e. The van der Waals surface area contributed by atoms with Gasteiger partial charge >= 0.3 is 0 Å². The van der Waals surface area contributed by atoms with Crippen LogP contribution < -0.4 is 4.90 Å². The largest absolute Gasteiger partial charge is 0.508 e. The Morgan fingerprint density at radius 3 is 2.52 bits per heavy atom. The van der Waals surface area contributed by atoms with Crippen LogP contribution in [0.5, 0.6) is 5.75 Å². The van der Waals surface area contributed by atoms with E-state index < -0.39 is 0 Å². The molecule has 29 heavy (non-hydrogen) atoms. The monoisotopic (exact) mass is 393 g/mol. The maximum atomic E-state index is 10.1. The van der Waals surface area contributed by atoms with E-state index in [1.165, 1.54) is 29.8 Å². The molecular formula is C25H35N3O. The Bertz CT molecular complexity index is 771. The molecule has 0 unspecified atom stereocenters. The molecule has 0 saturated carbocycles. The van der Waals surface area contributed by atoms with Gasteiger partial charge in [0.05, 0.1) is 0 Å². The Hall–Kier alpha value is -2.04. The zero-order chi connectivity index (χ0) is 20.1. The van der Waals surface area contributed by atoms with Crippen molar-refractivity contribution in [2.45, 2.75) is 38.6 Å². The second kappa shape index (κ2) is 9.64. The molecular weight excluding hydrogens is 358 g/mol. The molecule has 4 nitrogen and oxygen atoms in total. The van der Waals surface area contributed by atoms with Gasteiger partial charge in [0.25, 0.3) is 0 Å². The first-order chi connectivity index (χ1) is 14.2. The lowest BCUT2D eigenvalue weighted by molar-refractivity contribution is 0.145. The van der Waals surface area contributed by atoms with Gasteiger partial charge in [0, 0.05) is 51.0 Å². The van der Waals surface area contributed by atoms with Crippen LogP contribution in [-0.4, -0.2) is 66.8 Å². The lowest BCUT2D eigenvalue weighted by atomic mass is 9.87. The van der Waals surface area contributed by atoms with Gasteiger partial charge in [0.2, 0.25) is 0 Å². The molecule has 2 aromatic carbocycles. The molecule has 156 valence electrons. The van der Waals surface area contributed by atoms with E-state index in [4.69, 9.17) is 0 Å². The van der Waals surface area contributed by atoms with E-state index in [0.29, 0.717) is 11.8 Å². The Balaban J connectivity index is 1.29. The summed E-state index contributed by atoms with van der Waals surface area (Å²) in [6.45, 7) is 10.3. The van der Waals surface area contributed by atoms with Gasteiger partial charge in [0.1, 0.15) is 5.75 Å². The fraction of sp³-hybridized carbons (Fsp3) is 0.520. The van der Waals surface area contributed by atoms with E-state index in [0.717, 1.165) is 58.5 Å². The molecule has 1 aliphatic heterocycles. The maximum absolute atomic E-state index is 10.1. The van der Waals surface area contributed by atoms with Crippen LogP contribution in [0.4, 0.5) is 5.69 Å². The molecule has 1 saturated heterocycles. The molecule has 0 spiro atoms. The highest BCUT2D eigenvalue weighted by Crippen LogP contribution is 2.30. The van der Waals surface area contributed by atoms with Gasteiger partial charge < -0.3 is 10.0 Å². The van der Waals surface area contributed by atoms with Gasteiger partial charge in [-0.25, -0.2) is 0 Å². The second-order valence-corrected chi connectivity index (χ2v) is 8.51. The van der Waals surface area contributed by atoms with Crippen LogP contribution >= 0.6 is 0 Å². The Morgan fingerprint density at radius 2 is 1.76 bits per heavy atom. The van der Waals surface area contributed by atoms with E-state index in [1.54, 1.807) is 0 Å². The van der Waals surface area contributed by atoms with Crippen LogP contribution in [0.25, 0.3) is 0 Å². The van der Waals surface area contributed by atoms with Gasteiger partial charge in [0.15, 0.2) is 0 Å². The highest BCUT2D eigenvalue weighted by Gasteiger charge is 2.26. The molecule has 4 rings (SSSR count). The standard InChI is InChI=1S/C25H35N3O/c1-2-13-27(23-11-12-24-21(20-23)7-6-10-25(24)29)17-14-26-15-18-28(19-16-26)22-8-4-3-5-9-22/h3-10,23,29H,2,11-20H2,1H3/t23-/m0/s1. The Morgan fingerprint density at radius 1 is 0.966 bits per heavy atom. The topological polar surface area (TPSA) is 30.0 Å². The van der Waals surface area contributed by atoms with E-state index in [1.807, 2.05) is 12.1 Å². The summed E-state index contributed by atoms with van der Waals surface area (Å²) in [6, 6.07) is 17.4. The summed E-state index contributed by atoms with van der Waals surface area (Å²) in [7, 11) is 0. The van der Waals surface area contributed by atoms with Crippen molar-refractivity contribution in [3.8, 4) is 5.75 Å². The summed E-state index contributed by atoms with van der Waals surface area (Å²) < 4.78 is 0. The number of phenolic OH excluding ortho intramolecular Hbond substituents is 1. The number of aromatic hydroxyl groups is 1. The number of nitrogens with zero attached hydrogens (tertiary/aromatic N) is 3. The van der Waals surface area contributed by atoms with Crippen molar-refractivity contribution < 1.29 is 5.11 Å². The van der Waals surface area contributed by atoms with Crippen molar-refractivity contribution in [2.24, 2.45) is 0 Å². The van der Waals surface area contributed by atoms with Crippen molar-refractivity contribution in [1.82, 2.24) is 9.80 Å².